The standard InChI is InChI=1S/C16H14Cl2N6O4/c17-11-1-2-15(13(18)7-11)28-10-23-5-3-14(21-23)16(25)19-4-6-22-9-12(8-20-22)24(26)27/h1-3,5,7-9H,4,6,10H2,(H,19,25). The summed E-state index contributed by atoms with van der Waals surface area (Å²) in [6.45, 7) is 0.589. The van der Waals surface area contributed by atoms with Crippen LogP contribution in [-0.2, 0) is 13.3 Å². The zero-order valence-electron chi connectivity index (χ0n) is 14.3. The number of carbonyl (C=O) groups is 1. The maximum absolute atomic E-state index is 12.1. The third-order valence-corrected chi connectivity index (χ3v) is 4.11. The summed E-state index contributed by atoms with van der Waals surface area (Å²) in [6.07, 6.45) is 4.03. The molecule has 0 aliphatic carbocycles. The number of nitrogens with one attached hydrogen (secondary N) is 1. The van der Waals surface area contributed by atoms with Gasteiger partial charge in [-0.2, -0.15) is 10.2 Å². The Labute approximate surface area is 168 Å². The summed E-state index contributed by atoms with van der Waals surface area (Å²) in [6, 6.07) is 6.40. The summed E-state index contributed by atoms with van der Waals surface area (Å²) in [7, 11) is 0. The molecule has 2 heterocycles. The second-order valence-electron chi connectivity index (χ2n) is 5.56. The summed E-state index contributed by atoms with van der Waals surface area (Å²) in [5.74, 6) is 0.0609. The summed E-state index contributed by atoms with van der Waals surface area (Å²) < 4.78 is 8.36. The highest BCUT2D eigenvalue weighted by molar-refractivity contribution is 6.35. The molecule has 0 unspecified atom stereocenters. The number of nitro groups is 1. The lowest BCUT2D eigenvalue weighted by molar-refractivity contribution is -0.385. The van der Waals surface area contributed by atoms with Gasteiger partial charge >= 0.3 is 5.69 Å². The molecule has 12 heteroatoms. The van der Waals surface area contributed by atoms with Crippen LogP contribution in [0.15, 0.2) is 42.9 Å². The highest BCUT2D eigenvalue weighted by Gasteiger charge is 2.11. The Kier molecular flexibility index (Phi) is 6.12. The van der Waals surface area contributed by atoms with Gasteiger partial charge < -0.3 is 10.1 Å². The van der Waals surface area contributed by atoms with Crippen molar-refractivity contribution in [3.63, 3.8) is 0 Å². The molecular formula is C16H14Cl2N6O4. The number of nitrogens with zero attached hydrogens (tertiary/aromatic N) is 5. The van der Waals surface area contributed by atoms with Crippen LogP contribution < -0.4 is 10.1 Å². The molecule has 0 fully saturated rings. The molecule has 0 aliphatic heterocycles. The second-order valence-corrected chi connectivity index (χ2v) is 6.41. The molecule has 0 aliphatic rings. The van der Waals surface area contributed by atoms with Crippen LogP contribution in [0.4, 0.5) is 5.69 Å². The minimum Gasteiger partial charge on any atom is -0.470 e. The van der Waals surface area contributed by atoms with Crippen LogP contribution >= 0.6 is 23.2 Å². The Bertz CT molecular complexity index is 1000. The number of benzene rings is 1. The number of hydrogen-bond acceptors (Lipinski definition) is 6. The van der Waals surface area contributed by atoms with Gasteiger partial charge in [-0.3, -0.25) is 19.6 Å². The van der Waals surface area contributed by atoms with Gasteiger partial charge in [0.2, 0.25) is 0 Å². The van der Waals surface area contributed by atoms with E-state index in [4.69, 9.17) is 27.9 Å². The smallest absolute Gasteiger partial charge is 0.306 e. The zero-order valence-corrected chi connectivity index (χ0v) is 15.8. The van der Waals surface area contributed by atoms with Crippen molar-refractivity contribution >= 4 is 34.8 Å². The van der Waals surface area contributed by atoms with Gasteiger partial charge in [-0.15, -0.1) is 0 Å². The molecule has 0 spiro atoms. The van der Waals surface area contributed by atoms with Crippen molar-refractivity contribution in [2.45, 2.75) is 13.3 Å². The van der Waals surface area contributed by atoms with Crippen molar-refractivity contribution in [1.29, 1.82) is 0 Å². The van der Waals surface area contributed by atoms with Crippen LogP contribution in [0.2, 0.25) is 10.0 Å². The second kappa shape index (κ2) is 8.72. The average Bonchev–Trinajstić information content (AvgIpc) is 3.30. The predicted octanol–water partition coefficient (Wildman–Crippen LogP) is 2.76. The van der Waals surface area contributed by atoms with Crippen molar-refractivity contribution in [1.82, 2.24) is 24.9 Å². The predicted molar refractivity (Wildman–Crippen MR) is 101 cm³/mol. The summed E-state index contributed by atoms with van der Waals surface area (Å²) in [4.78, 5) is 22.2. The Morgan fingerprint density at radius 3 is 2.82 bits per heavy atom. The van der Waals surface area contributed by atoms with E-state index in [9.17, 15) is 14.9 Å². The molecule has 3 aromatic rings. The molecule has 1 N–H and O–H groups in total. The highest BCUT2D eigenvalue weighted by atomic mass is 35.5. The van der Waals surface area contributed by atoms with E-state index in [0.717, 1.165) is 6.20 Å². The Morgan fingerprint density at radius 1 is 1.29 bits per heavy atom. The van der Waals surface area contributed by atoms with E-state index in [0.29, 0.717) is 22.3 Å². The van der Waals surface area contributed by atoms with Gasteiger partial charge in [0, 0.05) is 17.8 Å². The van der Waals surface area contributed by atoms with Gasteiger partial charge in [0.1, 0.15) is 23.8 Å². The third-order valence-electron chi connectivity index (χ3n) is 3.58. The first kappa shape index (κ1) is 19.6. The molecule has 10 nitrogen and oxygen atoms in total. The summed E-state index contributed by atoms with van der Waals surface area (Å²) in [5, 5.41) is 22.1. The highest BCUT2D eigenvalue weighted by Crippen LogP contribution is 2.27. The van der Waals surface area contributed by atoms with Crippen LogP contribution in [0, 0.1) is 10.1 Å². The first-order chi connectivity index (χ1) is 13.4. The van der Waals surface area contributed by atoms with Crippen molar-refractivity contribution in [3.05, 3.63) is 68.7 Å². The third kappa shape index (κ3) is 4.99. The fourth-order valence-electron chi connectivity index (χ4n) is 2.23. The first-order valence-electron chi connectivity index (χ1n) is 7.99. The maximum atomic E-state index is 12.1. The van der Waals surface area contributed by atoms with Crippen molar-refractivity contribution in [2.75, 3.05) is 6.54 Å². The van der Waals surface area contributed by atoms with Crippen molar-refractivity contribution in [3.8, 4) is 5.75 Å². The van der Waals surface area contributed by atoms with Gasteiger partial charge in [-0.1, -0.05) is 23.2 Å². The zero-order chi connectivity index (χ0) is 20.1. The van der Waals surface area contributed by atoms with Crippen LogP contribution in [0.1, 0.15) is 10.5 Å². The number of rotatable bonds is 8. The summed E-state index contributed by atoms with van der Waals surface area (Å²) >= 11 is 11.9. The van der Waals surface area contributed by atoms with Gasteiger partial charge in [0.05, 0.1) is 16.5 Å². The molecular weight excluding hydrogens is 411 g/mol. The van der Waals surface area contributed by atoms with Crippen molar-refractivity contribution in [2.24, 2.45) is 0 Å². The lowest BCUT2D eigenvalue weighted by atomic mass is 10.3. The number of hydrogen-bond donors (Lipinski definition) is 1. The van der Waals surface area contributed by atoms with Crippen LogP contribution in [0.5, 0.6) is 5.75 Å². The van der Waals surface area contributed by atoms with E-state index in [1.54, 1.807) is 30.5 Å². The van der Waals surface area contributed by atoms with E-state index in [-0.39, 0.29) is 30.6 Å². The van der Waals surface area contributed by atoms with Crippen LogP contribution in [0.3, 0.4) is 0 Å². The largest absolute Gasteiger partial charge is 0.470 e. The minimum absolute atomic E-state index is 0.0611. The lowest BCUT2D eigenvalue weighted by Crippen LogP contribution is -2.28. The molecule has 0 bridgehead atoms. The van der Waals surface area contributed by atoms with E-state index in [1.165, 1.54) is 15.6 Å². The van der Waals surface area contributed by atoms with Gasteiger partial charge in [-0.25, -0.2) is 4.68 Å². The average molecular weight is 425 g/mol. The molecule has 28 heavy (non-hydrogen) atoms. The molecule has 0 atom stereocenters. The van der Waals surface area contributed by atoms with Gasteiger partial charge in [0.25, 0.3) is 5.91 Å². The minimum atomic E-state index is -0.534. The fourth-order valence-corrected chi connectivity index (χ4v) is 2.69. The fraction of sp³-hybridized carbons (Fsp3) is 0.188. The number of carbonyl (C=O) groups excluding carboxylic acids is 1. The molecule has 2 aromatic heterocycles. The van der Waals surface area contributed by atoms with Gasteiger partial charge in [0.15, 0.2) is 6.73 Å². The first-order valence-corrected chi connectivity index (χ1v) is 8.74. The summed E-state index contributed by atoms with van der Waals surface area (Å²) in [5.41, 5.74) is 0.100. The lowest BCUT2D eigenvalue weighted by Gasteiger charge is -2.08. The van der Waals surface area contributed by atoms with Crippen LogP contribution in [-0.4, -0.2) is 36.9 Å². The maximum Gasteiger partial charge on any atom is 0.306 e. The molecule has 1 aromatic carbocycles. The van der Waals surface area contributed by atoms with E-state index < -0.39 is 4.92 Å². The number of halogens is 2. The number of amides is 1. The quantitative estimate of drug-likeness (QED) is 0.438. The topological polar surface area (TPSA) is 117 Å². The van der Waals surface area contributed by atoms with E-state index in [2.05, 4.69) is 15.5 Å². The van der Waals surface area contributed by atoms with Crippen molar-refractivity contribution < 1.29 is 14.5 Å². The van der Waals surface area contributed by atoms with Crippen LogP contribution in [0.25, 0.3) is 0 Å². The number of ether oxygens (including phenoxy) is 1. The van der Waals surface area contributed by atoms with Gasteiger partial charge in [-0.05, 0) is 24.3 Å². The Morgan fingerprint density at radius 2 is 2.11 bits per heavy atom. The molecule has 1 amide bonds. The number of aromatic nitrogens is 4. The van der Waals surface area contributed by atoms with E-state index >= 15 is 0 Å². The normalized spacial score (nSPS) is 10.6. The Hall–Kier alpha value is -3.11. The molecule has 3 rings (SSSR count). The molecule has 0 saturated heterocycles. The SMILES string of the molecule is O=C(NCCn1cc([N+](=O)[O-])cn1)c1ccn(COc2ccc(Cl)cc2Cl)n1. The van der Waals surface area contributed by atoms with E-state index in [1.807, 2.05) is 0 Å². The Balaban J connectivity index is 1.48. The monoisotopic (exact) mass is 424 g/mol. The molecule has 146 valence electrons. The molecule has 0 radical (unpaired) electrons. The molecule has 0 saturated carbocycles.